The average molecular weight is 226 g/mol. The summed E-state index contributed by atoms with van der Waals surface area (Å²) >= 11 is 16.7. The first-order valence-electron chi connectivity index (χ1n) is 2.98. The van der Waals surface area contributed by atoms with Crippen LogP contribution in [0.4, 0.5) is 0 Å². The van der Waals surface area contributed by atoms with Gasteiger partial charge in [0.1, 0.15) is 0 Å². The summed E-state index contributed by atoms with van der Waals surface area (Å²) in [7, 11) is 0. The van der Waals surface area contributed by atoms with E-state index in [1.807, 2.05) is 0 Å². The normalized spacial score (nSPS) is 12.0. The van der Waals surface area contributed by atoms with E-state index < -0.39 is 0 Å². The van der Waals surface area contributed by atoms with Gasteiger partial charge in [-0.2, -0.15) is 0 Å². The molecule has 0 rings (SSSR count). The van der Waals surface area contributed by atoms with Crippen molar-refractivity contribution in [3.63, 3.8) is 0 Å². The van der Waals surface area contributed by atoms with Gasteiger partial charge in [-0.3, -0.25) is 4.79 Å². The van der Waals surface area contributed by atoms with E-state index in [1.165, 1.54) is 6.92 Å². The van der Waals surface area contributed by atoms with Crippen molar-refractivity contribution in [2.24, 2.45) is 0 Å². The molecule has 0 unspecified atom stereocenters. The zero-order valence-electron chi connectivity index (χ0n) is 6.46. The van der Waals surface area contributed by atoms with Crippen molar-refractivity contribution in [2.45, 2.75) is 6.92 Å². The lowest BCUT2D eigenvalue weighted by Gasteiger charge is -2.01. The first-order valence-corrected chi connectivity index (χ1v) is 4.11. The molecule has 0 fully saturated rings. The minimum Gasteiger partial charge on any atom is -0.294 e. The third-order valence-electron chi connectivity index (χ3n) is 1.12. The summed E-state index contributed by atoms with van der Waals surface area (Å²) in [4.78, 5) is 10.8. The van der Waals surface area contributed by atoms with Crippen molar-refractivity contribution >= 4 is 40.6 Å². The second-order valence-electron chi connectivity index (χ2n) is 2.07. The zero-order chi connectivity index (χ0) is 9.89. The molecule has 4 heteroatoms. The van der Waals surface area contributed by atoms with Gasteiger partial charge in [-0.1, -0.05) is 48.0 Å². The van der Waals surface area contributed by atoms with Crippen LogP contribution in [0.3, 0.4) is 0 Å². The maximum atomic E-state index is 10.8. The Balaban J connectivity index is 4.92. The molecule has 0 aliphatic rings. The van der Waals surface area contributed by atoms with Gasteiger partial charge in [-0.05, 0) is 6.92 Å². The number of halogens is 3. The second kappa shape index (κ2) is 4.70. The van der Waals surface area contributed by atoms with Crippen molar-refractivity contribution in [1.29, 1.82) is 0 Å². The molecule has 0 spiro atoms. The molecule has 0 heterocycles. The number of carbonyl (C=O) groups is 1. The quantitative estimate of drug-likeness (QED) is 0.530. The number of ketones is 1. The summed E-state index contributed by atoms with van der Waals surface area (Å²) < 4.78 is 0. The molecule has 66 valence electrons. The van der Waals surface area contributed by atoms with Crippen LogP contribution in [0.15, 0.2) is 33.8 Å². The Morgan fingerprint density at radius 2 is 1.50 bits per heavy atom. The molecule has 0 N–H and O–H groups in total. The molecule has 1 nitrogen and oxygen atoms in total. The maximum absolute atomic E-state index is 10.8. The van der Waals surface area contributed by atoms with Crippen LogP contribution in [-0.2, 0) is 4.79 Å². The number of carbonyl (C=O) groups excluding carboxylic acids is 1. The third kappa shape index (κ3) is 3.02. The van der Waals surface area contributed by atoms with Crippen molar-refractivity contribution in [3.05, 3.63) is 33.8 Å². The summed E-state index contributed by atoms with van der Waals surface area (Å²) in [5.74, 6) is -0.254. The van der Waals surface area contributed by atoms with E-state index in [4.69, 9.17) is 34.8 Å². The average Bonchev–Trinajstić information content (AvgIpc) is 2.00. The zero-order valence-corrected chi connectivity index (χ0v) is 8.72. The fourth-order valence-electron chi connectivity index (χ4n) is 0.406. The standard InChI is InChI=1S/C8H7Cl3O/c1-4(6(3)12)7(10)8(11)5(2)9/h1-2H2,3H3/b8-7-. The molecule has 0 saturated carbocycles. The predicted molar refractivity (Wildman–Crippen MR) is 53.5 cm³/mol. The number of allylic oxidation sites excluding steroid dienone is 4. The predicted octanol–water partition coefficient (Wildman–Crippen LogP) is 3.57. The lowest BCUT2D eigenvalue weighted by Crippen LogP contribution is -1.95. The largest absolute Gasteiger partial charge is 0.294 e. The fraction of sp³-hybridized carbons (Fsp3) is 0.125. The number of hydrogen-bond acceptors (Lipinski definition) is 1. The molecule has 0 aromatic carbocycles. The van der Waals surface area contributed by atoms with E-state index in [-0.39, 0.29) is 26.5 Å². The minimum atomic E-state index is -0.254. The Morgan fingerprint density at radius 1 is 1.08 bits per heavy atom. The lowest BCUT2D eigenvalue weighted by molar-refractivity contribution is -0.113. The first-order chi connectivity index (χ1) is 5.37. The molecule has 0 aliphatic carbocycles. The van der Waals surface area contributed by atoms with Gasteiger partial charge < -0.3 is 0 Å². The Hall–Kier alpha value is -0.240. The highest BCUT2D eigenvalue weighted by atomic mass is 35.5. The number of rotatable bonds is 3. The van der Waals surface area contributed by atoms with E-state index in [9.17, 15) is 4.79 Å². The summed E-state index contributed by atoms with van der Waals surface area (Å²) in [6, 6.07) is 0. The molecule has 0 aromatic heterocycles. The molecule has 0 bridgehead atoms. The van der Waals surface area contributed by atoms with Crippen LogP contribution < -0.4 is 0 Å². The molecule has 0 atom stereocenters. The Morgan fingerprint density at radius 3 is 1.75 bits per heavy atom. The van der Waals surface area contributed by atoms with Crippen LogP contribution >= 0.6 is 34.8 Å². The SMILES string of the molecule is C=C(Cl)/C(Cl)=C(/Cl)C(=C)C(C)=O. The van der Waals surface area contributed by atoms with Crippen LogP contribution in [0.2, 0.25) is 0 Å². The van der Waals surface area contributed by atoms with E-state index in [0.717, 1.165) is 0 Å². The summed E-state index contributed by atoms with van der Waals surface area (Å²) in [6.45, 7) is 8.13. The van der Waals surface area contributed by atoms with Gasteiger partial charge in [0, 0.05) is 5.57 Å². The fourth-order valence-corrected chi connectivity index (χ4v) is 0.910. The molecule has 0 aromatic rings. The highest BCUT2D eigenvalue weighted by molar-refractivity contribution is 6.49. The van der Waals surface area contributed by atoms with E-state index in [2.05, 4.69) is 13.2 Å². The minimum absolute atomic E-state index is 0.0455. The van der Waals surface area contributed by atoms with Crippen LogP contribution in [0.5, 0.6) is 0 Å². The Labute approximate surface area is 86.3 Å². The van der Waals surface area contributed by atoms with E-state index in [1.54, 1.807) is 0 Å². The number of hydrogen-bond donors (Lipinski definition) is 0. The topological polar surface area (TPSA) is 17.1 Å². The van der Waals surface area contributed by atoms with E-state index in [0.29, 0.717) is 0 Å². The summed E-state index contributed by atoms with van der Waals surface area (Å²) in [5, 5.41) is 0.187. The molecule has 0 radical (unpaired) electrons. The lowest BCUT2D eigenvalue weighted by atomic mass is 10.2. The molecule has 0 amide bonds. The summed E-state index contributed by atoms with van der Waals surface area (Å²) in [5.41, 5.74) is 0.128. The van der Waals surface area contributed by atoms with Crippen LogP contribution in [0.25, 0.3) is 0 Å². The van der Waals surface area contributed by atoms with Crippen molar-refractivity contribution in [2.75, 3.05) is 0 Å². The van der Waals surface area contributed by atoms with Gasteiger partial charge in [0.05, 0.1) is 15.1 Å². The highest BCUT2D eigenvalue weighted by Gasteiger charge is 2.10. The molecular weight excluding hydrogens is 218 g/mol. The van der Waals surface area contributed by atoms with Gasteiger partial charge in [0.25, 0.3) is 0 Å². The Kier molecular flexibility index (Phi) is 4.61. The first kappa shape index (κ1) is 11.8. The van der Waals surface area contributed by atoms with Crippen LogP contribution in [0.1, 0.15) is 6.92 Å². The molecular formula is C8H7Cl3O. The third-order valence-corrected chi connectivity index (χ3v) is 2.34. The Bertz CT molecular complexity index is 276. The molecule has 0 saturated heterocycles. The van der Waals surface area contributed by atoms with E-state index >= 15 is 0 Å². The van der Waals surface area contributed by atoms with Crippen LogP contribution in [0, 0.1) is 0 Å². The number of Topliss-reactive ketones (excluding diaryl/α,β-unsaturated/α-hetero) is 1. The monoisotopic (exact) mass is 224 g/mol. The van der Waals surface area contributed by atoms with Crippen molar-refractivity contribution in [1.82, 2.24) is 0 Å². The smallest absolute Gasteiger partial charge is 0.160 e. The van der Waals surface area contributed by atoms with Gasteiger partial charge >= 0.3 is 0 Å². The highest BCUT2D eigenvalue weighted by Crippen LogP contribution is 2.28. The molecule has 12 heavy (non-hydrogen) atoms. The van der Waals surface area contributed by atoms with Gasteiger partial charge in [0.15, 0.2) is 5.78 Å². The van der Waals surface area contributed by atoms with Crippen LogP contribution in [-0.4, -0.2) is 5.78 Å². The maximum Gasteiger partial charge on any atom is 0.160 e. The second-order valence-corrected chi connectivity index (χ2v) is 3.28. The molecule has 0 aliphatic heterocycles. The van der Waals surface area contributed by atoms with Gasteiger partial charge in [-0.25, -0.2) is 0 Å². The summed E-state index contributed by atoms with van der Waals surface area (Å²) in [6.07, 6.45) is 0. The van der Waals surface area contributed by atoms with Crippen molar-refractivity contribution in [3.8, 4) is 0 Å². The van der Waals surface area contributed by atoms with Crippen molar-refractivity contribution < 1.29 is 4.79 Å². The van der Waals surface area contributed by atoms with Gasteiger partial charge in [-0.15, -0.1) is 0 Å². The van der Waals surface area contributed by atoms with Gasteiger partial charge in [0.2, 0.25) is 0 Å².